The van der Waals surface area contributed by atoms with Gasteiger partial charge in [0.25, 0.3) is 0 Å². The van der Waals surface area contributed by atoms with Gasteiger partial charge in [0, 0.05) is 26.7 Å². The maximum absolute atomic E-state index is 11.5. The smallest absolute Gasteiger partial charge is 0.157 e. The van der Waals surface area contributed by atoms with Crippen molar-refractivity contribution in [2.24, 2.45) is 0 Å². The van der Waals surface area contributed by atoms with E-state index in [0.29, 0.717) is 6.42 Å². The monoisotopic (exact) mass is 345 g/mol. The zero-order chi connectivity index (χ0) is 13.1. The fourth-order valence-electron chi connectivity index (χ4n) is 0.977. The van der Waals surface area contributed by atoms with Crippen molar-refractivity contribution in [3.8, 4) is 0 Å². The van der Waals surface area contributed by atoms with Crippen molar-refractivity contribution in [2.45, 2.75) is 19.8 Å². The van der Waals surface area contributed by atoms with E-state index < -0.39 is 0 Å². The average molecular weight is 345 g/mol. The number of rotatable bonds is 7. The van der Waals surface area contributed by atoms with Crippen molar-refractivity contribution in [2.75, 3.05) is 14.1 Å². The molecule has 0 bridgehead atoms. The van der Waals surface area contributed by atoms with Crippen LogP contribution in [-0.4, -0.2) is 24.8 Å². The first-order valence-electron chi connectivity index (χ1n) is 5.57. The molecule has 0 fully saturated rings. The Balaban J connectivity index is 3.98. The van der Waals surface area contributed by atoms with Crippen molar-refractivity contribution >= 4 is 28.4 Å². The third-order valence-electron chi connectivity index (χ3n) is 1.86. The maximum atomic E-state index is 11.5. The quantitative estimate of drug-likeness (QED) is 0.397. The molecule has 0 aliphatic carbocycles. The third-order valence-corrected chi connectivity index (χ3v) is 2.76. The number of ketones is 1. The molecule has 0 amide bonds. The summed E-state index contributed by atoms with van der Waals surface area (Å²) in [6.45, 7) is 1.98. The topological polar surface area (TPSA) is 20.3 Å². The Kier molecular flexibility index (Phi) is 9.81. The van der Waals surface area contributed by atoms with Gasteiger partial charge in [0.1, 0.15) is 0 Å². The SMILES string of the molecule is C\C=C/C=C\C=C(/I)CCC(=O)/C=C/N(C)C. The summed E-state index contributed by atoms with van der Waals surface area (Å²) in [4.78, 5) is 13.3. The molecule has 0 aromatic rings. The van der Waals surface area contributed by atoms with Crippen LogP contribution in [0.4, 0.5) is 0 Å². The van der Waals surface area contributed by atoms with E-state index in [1.807, 2.05) is 56.3 Å². The number of nitrogens with zero attached hydrogens (tertiary/aromatic N) is 1. The first-order valence-corrected chi connectivity index (χ1v) is 6.65. The molecule has 94 valence electrons. The van der Waals surface area contributed by atoms with E-state index in [9.17, 15) is 4.79 Å². The van der Waals surface area contributed by atoms with E-state index in [4.69, 9.17) is 0 Å². The number of hydrogen-bond donors (Lipinski definition) is 0. The van der Waals surface area contributed by atoms with Crippen LogP contribution in [0.15, 0.2) is 46.2 Å². The molecule has 0 N–H and O–H groups in total. The van der Waals surface area contributed by atoms with Crippen LogP contribution in [0.5, 0.6) is 0 Å². The van der Waals surface area contributed by atoms with E-state index in [1.54, 1.807) is 12.3 Å². The minimum absolute atomic E-state index is 0.165. The molecule has 2 nitrogen and oxygen atoms in total. The van der Waals surface area contributed by atoms with Gasteiger partial charge in [-0.15, -0.1) is 0 Å². The van der Waals surface area contributed by atoms with Crippen molar-refractivity contribution in [1.29, 1.82) is 0 Å². The van der Waals surface area contributed by atoms with Gasteiger partial charge in [-0.05, 0) is 45.6 Å². The Morgan fingerprint density at radius 1 is 1.18 bits per heavy atom. The zero-order valence-corrected chi connectivity index (χ0v) is 12.8. The fraction of sp³-hybridized carbons (Fsp3) is 0.357. The largest absolute Gasteiger partial charge is 0.383 e. The van der Waals surface area contributed by atoms with Gasteiger partial charge in [0.05, 0.1) is 0 Å². The average Bonchev–Trinajstić information content (AvgIpc) is 2.29. The van der Waals surface area contributed by atoms with Gasteiger partial charge in [-0.25, -0.2) is 0 Å². The molecule has 0 spiro atoms. The zero-order valence-electron chi connectivity index (χ0n) is 10.7. The van der Waals surface area contributed by atoms with Gasteiger partial charge < -0.3 is 4.90 Å². The summed E-state index contributed by atoms with van der Waals surface area (Å²) >= 11 is 2.27. The first-order chi connectivity index (χ1) is 8.06. The van der Waals surface area contributed by atoms with Crippen LogP contribution in [0.25, 0.3) is 0 Å². The first kappa shape index (κ1) is 16.2. The fourth-order valence-corrected chi connectivity index (χ4v) is 1.45. The highest BCUT2D eigenvalue weighted by molar-refractivity contribution is 14.1. The highest BCUT2D eigenvalue weighted by Crippen LogP contribution is 2.14. The molecular formula is C14H20INO. The minimum atomic E-state index is 0.165. The van der Waals surface area contributed by atoms with Gasteiger partial charge in [-0.1, -0.05) is 30.4 Å². The summed E-state index contributed by atoms with van der Waals surface area (Å²) in [6.07, 6.45) is 14.7. The molecule has 0 heterocycles. The lowest BCUT2D eigenvalue weighted by atomic mass is 10.2. The minimum Gasteiger partial charge on any atom is -0.383 e. The highest BCUT2D eigenvalue weighted by Gasteiger charge is 1.98. The second-order valence-electron chi connectivity index (χ2n) is 3.77. The van der Waals surface area contributed by atoms with Crippen LogP contribution in [0.2, 0.25) is 0 Å². The maximum Gasteiger partial charge on any atom is 0.157 e. The van der Waals surface area contributed by atoms with Gasteiger partial charge >= 0.3 is 0 Å². The van der Waals surface area contributed by atoms with E-state index in [2.05, 4.69) is 22.6 Å². The number of carbonyl (C=O) groups is 1. The second-order valence-corrected chi connectivity index (χ2v) is 5.16. The van der Waals surface area contributed by atoms with Crippen LogP contribution < -0.4 is 0 Å². The van der Waals surface area contributed by atoms with Gasteiger partial charge in [0.2, 0.25) is 0 Å². The molecule has 0 aromatic carbocycles. The molecular weight excluding hydrogens is 325 g/mol. The van der Waals surface area contributed by atoms with E-state index in [0.717, 1.165) is 6.42 Å². The van der Waals surface area contributed by atoms with Gasteiger partial charge in [0.15, 0.2) is 5.78 Å². The van der Waals surface area contributed by atoms with Crippen LogP contribution in [-0.2, 0) is 4.79 Å². The van der Waals surface area contributed by atoms with Crippen LogP contribution in [0.3, 0.4) is 0 Å². The summed E-state index contributed by atoms with van der Waals surface area (Å²) in [5.41, 5.74) is 0. The number of carbonyl (C=O) groups excluding carboxylic acids is 1. The lowest BCUT2D eigenvalue weighted by Crippen LogP contribution is -2.02. The van der Waals surface area contributed by atoms with Gasteiger partial charge in [-0.3, -0.25) is 4.79 Å². The Morgan fingerprint density at radius 3 is 2.47 bits per heavy atom. The van der Waals surface area contributed by atoms with Crippen LogP contribution in [0, 0.1) is 0 Å². The van der Waals surface area contributed by atoms with E-state index in [1.165, 1.54) is 3.58 Å². The lowest BCUT2D eigenvalue weighted by molar-refractivity contribution is -0.114. The van der Waals surface area contributed by atoms with Crippen molar-refractivity contribution in [1.82, 2.24) is 4.90 Å². The molecule has 0 rings (SSSR count). The predicted octanol–water partition coefficient (Wildman–Crippen LogP) is 3.86. The van der Waals surface area contributed by atoms with Crippen LogP contribution in [0.1, 0.15) is 19.8 Å². The molecule has 0 radical (unpaired) electrons. The molecule has 3 heteroatoms. The summed E-state index contributed by atoms with van der Waals surface area (Å²) in [5.74, 6) is 0.165. The standard InChI is InChI=1S/C14H20INO/c1-4-5-6-7-8-13(15)9-10-14(17)11-12-16(2)3/h4-8,11-12H,9-10H2,1-3H3/b5-4-,7-6-,12-11+,13-8-. The summed E-state index contributed by atoms with van der Waals surface area (Å²) < 4.78 is 1.19. The molecule has 0 aromatic heterocycles. The van der Waals surface area contributed by atoms with E-state index >= 15 is 0 Å². The van der Waals surface area contributed by atoms with Gasteiger partial charge in [-0.2, -0.15) is 0 Å². The molecule has 0 saturated heterocycles. The molecule has 0 atom stereocenters. The molecule has 0 aliphatic rings. The molecule has 0 unspecified atom stereocenters. The normalized spacial score (nSPS) is 13.1. The number of allylic oxidation sites excluding steroid dienone is 7. The number of hydrogen-bond acceptors (Lipinski definition) is 2. The van der Waals surface area contributed by atoms with E-state index in [-0.39, 0.29) is 5.78 Å². The lowest BCUT2D eigenvalue weighted by Gasteiger charge is -2.02. The molecule has 0 saturated carbocycles. The third kappa shape index (κ3) is 11.4. The summed E-state index contributed by atoms with van der Waals surface area (Å²) in [7, 11) is 3.80. The van der Waals surface area contributed by atoms with Crippen molar-refractivity contribution in [3.05, 3.63) is 46.2 Å². The molecule has 17 heavy (non-hydrogen) atoms. The Morgan fingerprint density at radius 2 is 1.88 bits per heavy atom. The molecule has 0 aliphatic heterocycles. The summed E-state index contributed by atoms with van der Waals surface area (Å²) in [5, 5.41) is 0. The van der Waals surface area contributed by atoms with Crippen molar-refractivity contribution < 1.29 is 4.79 Å². The Labute approximate surface area is 118 Å². The second kappa shape index (κ2) is 10.3. The predicted molar refractivity (Wildman–Crippen MR) is 83.1 cm³/mol. The Bertz CT molecular complexity index is 338. The Hall–Kier alpha value is -0.840. The summed E-state index contributed by atoms with van der Waals surface area (Å²) in [6, 6.07) is 0. The van der Waals surface area contributed by atoms with Crippen molar-refractivity contribution in [3.63, 3.8) is 0 Å². The number of halogens is 1. The van der Waals surface area contributed by atoms with Crippen LogP contribution >= 0.6 is 22.6 Å². The highest BCUT2D eigenvalue weighted by atomic mass is 127.